The van der Waals surface area contributed by atoms with Gasteiger partial charge in [-0.3, -0.25) is 29.0 Å². The van der Waals surface area contributed by atoms with Crippen molar-refractivity contribution in [1.82, 2.24) is 15.1 Å². The first-order valence-electron chi connectivity index (χ1n) is 28.0. The number of carbonyl (C=O) groups is 6. The van der Waals surface area contributed by atoms with E-state index >= 15 is 0 Å². The molecule has 0 bridgehead atoms. The number of aliphatic hydroxyl groups excluding tert-OH is 1. The number of esters is 1. The summed E-state index contributed by atoms with van der Waals surface area (Å²) in [6, 6.07) is 23.6. The third-order valence-electron chi connectivity index (χ3n) is 16.3. The lowest BCUT2D eigenvalue weighted by Gasteiger charge is -2.31. The number of aliphatic hydroxyl groups is 1. The number of Topliss-reactive ketones (excluding diaryl/α,β-unsaturated/α-hetero) is 1. The van der Waals surface area contributed by atoms with Crippen LogP contribution in [0.5, 0.6) is 28.7 Å². The highest BCUT2D eigenvalue weighted by atomic mass is 16.6. The molecule has 19 heteroatoms. The summed E-state index contributed by atoms with van der Waals surface area (Å²) in [5.74, 6) is -0.639. The van der Waals surface area contributed by atoms with Gasteiger partial charge in [0.05, 0.1) is 87.5 Å². The van der Waals surface area contributed by atoms with Gasteiger partial charge in [-0.25, -0.2) is 9.69 Å². The van der Waals surface area contributed by atoms with Crippen molar-refractivity contribution < 1.29 is 67.0 Å². The smallest absolute Gasteiger partial charge is 0.416 e. The van der Waals surface area contributed by atoms with Crippen LogP contribution in [-0.4, -0.2) is 129 Å². The Morgan fingerprint density at radius 1 is 0.807 bits per heavy atom. The summed E-state index contributed by atoms with van der Waals surface area (Å²) in [5.41, 5.74) is 4.23. The van der Waals surface area contributed by atoms with E-state index < -0.39 is 42.2 Å². The van der Waals surface area contributed by atoms with Crippen molar-refractivity contribution in [2.24, 2.45) is 22.2 Å². The van der Waals surface area contributed by atoms with Crippen molar-refractivity contribution in [3.8, 4) is 28.7 Å². The molecule has 1 saturated heterocycles. The minimum Gasteiger partial charge on any atom is -0.497 e. The zero-order valence-electron chi connectivity index (χ0n) is 47.5. The second-order valence-corrected chi connectivity index (χ2v) is 22.2. The van der Waals surface area contributed by atoms with Gasteiger partial charge in [-0.05, 0) is 101 Å². The number of fused-ring (bicyclic) bond motifs is 5. The topological polar surface area (TPSA) is 221 Å². The Morgan fingerprint density at radius 3 is 2.18 bits per heavy atom. The number of methoxy groups -OCH3 is 3. The zero-order valence-corrected chi connectivity index (χ0v) is 47.5. The molecule has 2 fully saturated rings. The number of nitrogens with zero attached hydrogens (tertiary/aromatic N) is 4. The molecule has 5 aromatic carbocycles. The van der Waals surface area contributed by atoms with E-state index in [1.807, 2.05) is 38.2 Å². The van der Waals surface area contributed by atoms with E-state index in [-0.39, 0.29) is 97.0 Å². The molecule has 1 saturated carbocycles. The lowest BCUT2D eigenvalue weighted by Crippen LogP contribution is -2.50. The van der Waals surface area contributed by atoms with E-state index in [0.29, 0.717) is 59.7 Å². The summed E-state index contributed by atoms with van der Waals surface area (Å²) in [6.07, 6.45) is 5.96. The maximum Gasteiger partial charge on any atom is 0.416 e. The van der Waals surface area contributed by atoms with Crippen molar-refractivity contribution in [1.29, 1.82) is 0 Å². The van der Waals surface area contributed by atoms with Crippen LogP contribution < -0.4 is 33.9 Å². The van der Waals surface area contributed by atoms with Gasteiger partial charge in [0.2, 0.25) is 5.91 Å². The van der Waals surface area contributed by atoms with Crippen LogP contribution in [0.4, 0.5) is 16.2 Å². The van der Waals surface area contributed by atoms with Crippen molar-refractivity contribution in [2.75, 3.05) is 52.6 Å². The van der Waals surface area contributed by atoms with Crippen LogP contribution in [0.15, 0.2) is 109 Å². The molecule has 83 heavy (non-hydrogen) atoms. The van der Waals surface area contributed by atoms with E-state index in [2.05, 4.69) is 30.1 Å². The molecule has 5 aromatic rings. The molecule has 1 spiro atoms. The van der Waals surface area contributed by atoms with E-state index in [1.165, 1.54) is 32.4 Å². The number of carbonyl (C=O) groups excluding carboxylic acids is 6. The van der Waals surface area contributed by atoms with Crippen LogP contribution in [0.25, 0.3) is 16.3 Å². The normalized spacial score (nSPS) is 18.9. The Kier molecular flexibility index (Phi) is 16.9. The van der Waals surface area contributed by atoms with Gasteiger partial charge in [0.1, 0.15) is 19.0 Å². The molecular formula is C64H69N5O14. The van der Waals surface area contributed by atoms with Crippen molar-refractivity contribution in [3.63, 3.8) is 0 Å². The zero-order chi connectivity index (χ0) is 58.7. The summed E-state index contributed by atoms with van der Waals surface area (Å²) in [5, 5.41) is 17.0. The molecule has 0 radical (unpaired) electrons. The second-order valence-electron chi connectivity index (χ2n) is 22.2. The van der Waals surface area contributed by atoms with E-state index in [4.69, 9.17) is 38.2 Å². The summed E-state index contributed by atoms with van der Waals surface area (Å²) in [7, 11) is 4.60. The molecule has 4 heterocycles. The van der Waals surface area contributed by atoms with Gasteiger partial charge < -0.3 is 53.4 Å². The summed E-state index contributed by atoms with van der Waals surface area (Å²) in [6.45, 7) is 9.33. The van der Waals surface area contributed by atoms with Crippen molar-refractivity contribution in [2.45, 2.75) is 96.7 Å². The van der Waals surface area contributed by atoms with Crippen LogP contribution in [-0.2, 0) is 36.9 Å². The predicted molar refractivity (Wildman–Crippen MR) is 309 cm³/mol. The third kappa shape index (κ3) is 12.3. The predicted octanol–water partition coefficient (Wildman–Crippen LogP) is 9.16. The number of hydrogen-bond donors (Lipinski definition) is 2. The van der Waals surface area contributed by atoms with Crippen LogP contribution in [0.3, 0.4) is 0 Å². The van der Waals surface area contributed by atoms with Gasteiger partial charge in [-0.15, -0.1) is 0 Å². The molecule has 434 valence electrons. The van der Waals surface area contributed by atoms with Gasteiger partial charge in [0.25, 0.3) is 11.8 Å². The SMILES string of the molecule is C=CCOC(=O)C[C@H](C(=O)N[C@@H](C)C(=O)Cc1ccc(COC(=O)N2c3cc(OCCCOc4cc5c(cc4OC)C(=O)N4C=C(c6ccc7cc(OC)ccc7c6)C[C@H]4C=N5)c(OC)cc3C(=O)N3CC4(CC4)C[C@H]3C2O)cc1)C(C)C. The molecule has 4 aliphatic heterocycles. The molecule has 19 nitrogen and oxygen atoms in total. The van der Waals surface area contributed by atoms with Gasteiger partial charge in [-0.1, -0.05) is 69.0 Å². The quantitative estimate of drug-likeness (QED) is 0.0375. The molecule has 0 aromatic heterocycles. The van der Waals surface area contributed by atoms with Crippen LogP contribution in [0, 0.1) is 17.3 Å². The molecule has 2 N–H and O–H groups in total. The fourth-order valence-electron chi connectivity index (χ4n) is 11.3. The first-order chi connectivity index (χ1) is 40.0. The fourth-order valence-corrected chi connectivity index (χ4v) is 11.3. The lowest BCUT2D eigenvalue weighted by atomic mass is 9.91. The van der Waals surface area contributed by atoms with Crippen LogP contribution in [0.1, 0.15) is 96.7 Å². The Hall–Kier alpha value is -8.71. The molecule has 5 aliphatic rings. The van der Waals surface area contributed by atoms with Gasteiger partial charge in [0, 0.05) is 50.4 Å². The van der Waals surface area contributed by atoms with Crippen LogP contribution >= 0.6 is 0 Å². The standard InChI is InChI=1S/C64H69N5O14/c1-8-20-82-58(71)29-47(37(2)3)59(72)66-38(4)53(70)23-39-10-12-40(13-11-39)35-83-63(76)69-51-31-57(55(79-7)28-49(51)61(74)68-36-64(18-19-64)32-52(68)62(69)75)81-22-9-21-80-56-30-50-48(27-54(56)78-6)60(73)67-34-44(25-45(67)33-65-50)42-14-15-43-26-46(77-5)17-16-41(43)24-42/h8,10-17,24,26-28,30-31,33-34,37-38,45,47,52,62,75H,1,9,18-23,25,29,32,35-36H2,2-7H3,(H,66,72)/t38-,45-,47-,52-,62?/m0/s1. The largest absolute Gasteiger partial charge is 0.497 e. The number of aliphatic imine (C=N–C) groups is 1. The molecule has 1 unspecified atom stereocenters. The number of nitrogens with one attached hydrogen (secondary N) is 1. The minimum atomic E-state index is -1.46. The average Bonchev–Trinajstić information content (AvgIpc) is 3.96. The van der Waals surface area contributed by atoms with Gasteiger partial charge >= 0.3 is 12.1 Å². The molecule has 1 aliphatic carbocycles. The Labute approximate surface area is 481 Å². The first kappa shape index (κ1) is 57.5. The Morgan fingerprint density at radius 2 is 1.49 bits per heavy atom. The summed E-state index contributed by atoms with van der Waals surface area (Å²) in [4.78, 5) is 90.8. The highest BCUT2D eigenvalue weighted by molar-refractivity contribution is 6.07. The minimum absolute atomic E-state index is 0.00752. The number of amides is 4. The number of benzene rings is 5. The Bertz CT molecular complexity index is 3420. The van der Waals surface area contributed by atoms with E-state index in [1.54, 1.807) is 66.4 Å². The van der Waals surface area contributed by atoms with Crippen molar-refractivity contribution >= 4 is 69.5 Å². The summed E-state index contributed by atoms with van der Waals surface area (Å²) < 4.78 is 40.3. The number of hydrogen-bond acceptors (Lipinski definition) is 15. The molecule has 10 rings (SSSR count). The summed E-state index contributed by atoms with van der Waals surface area (Å²) >= 11 is 0. The number of ether oxygens (including phenoxy) is 7. The maximum absolute atomic E-state index is 14.4. The highest BCUT2D eigenvalue weighted by Gasteiger charge is 2.58. The molecule has 5 atom stereocenters. The van der Waals surface area contributed by atoms with Gasteiger partial charge in [-0.2, -0.15) is 0 Å². The fraction of sp³-hybridized carbons (Fsp3) is 0.391. The highest BCUT2D eigenvalue weighted by Crippen LogP contribution is 2.57. The van der Waals surface area contributed by atoms with Gasteiger partial charge in [0.15, 0.2) is 35.0 Å². The number of rotatable bonds is 22. The van der Waals surface area contributed by atoms with E-state index in [0.717, 1.165) is 45.4 Å². The second kappa shape index (κ2) is 24.4. The van der Waals surface area contributed by atoms with Crippen LogP contribution in [0.2, 0.25) is 0 Å². The monoisotopic (exact) mass is 1130 g/mol. The lowest BCUT2D eigenvalue weighted by molar-refractivity contribution is -0.146. The van der Waals surface area contributed by atoms with Crippen molar-refractivity contribution in [3.05, 3.63) is 132 Å². The Balaban J connectivity index is 0.779. The molecular weight excluding hydrogens is 1060 g/mol. The maximum atomic E-state index is 14.4. The first-order valence-corrected chi connectivity index (χ1v) is 28.0. The van der Waals surface area contributed by atoms with E-state index in [9.17, 15) is 33.9 Å². The number of ketones is 1. The number of anilines is 1. The third-order valence-corrected chi connectivity index (χ3v) is 16.3. The molecule has 4 amide bonds. The average molecular weight is 1130 g/mol.